The molecule has 1 atom stereocenters. The summed E-state index contributed by atoms with van der Waals surface area (Å²) < 4.78 is 36.0. The van der Waals surface area contributed by atoms with E-state index in [9.17, 15) is 22.8 Å². The van der Waals surface area contributed by atoms with Crippen molar-refractivity contribution in [2.75, 3.05) is 18.8 Å². The molecule has 1 aromatic rings. The molecular weight excluding hydrogens is 331 g/mol. The standard InChI is InChI=1S/C14H16F3N3O2S/c15-14(16,17)23-6-5-19-13(22)11-7-12(21)20(9-11)8-10-1-3-18-4-2-10/h1-4,11H,5-9H2,(H,19,22)/t11-/m1/s1. The normalized spacial score (nSPS) is 18.3. The van der Waals surface area contributed by atoms with Crippen LogP contribution in [0.4, 0.5) is 13.2 Å². The zero-order valence-electron chi connectivity index (χ0n) is 12.2. The van der Waals surface area contributed by atoms with Crippen molar-refractivity contribution in [3.8, 4) is 0 Å². The van der Waals surface area contributed by atoms with Crippen molar-refractivity contribution in [3.63, 3.8) is 0 Å². The molecule has 0 spiro atoms. The molecule has 1 aromatic heterocycles. The number of hydrogen-bond acceptors (Lipinski definition) is 4. The molecule has 126 valence electrons. The molecule has 5 nitrogen and oxygen atoms in total. The first kappa shape index (κ1) is 17.6. The van der Waals surface area contributed by atoms with Crippen LogP contribution in [0, 0.1) is 5.92 Å². The number of carbonyl (C=O) groups excluding carboxylic acids is 2. The molecule has 1 aliphatic rings. The van der Waals surface area contributed by atoms with Gasteiger partial charge in [-0.2, -0.15) is 13.2 Å². The number of thioether (sulfide) groups is 1. The van der Waals surface area contributed by atoms with Gasteiger partial charge >= 0.3 is 5.51 Å². The van der Waals surface area contributed by atoms with Gasteiger partial charge in [-0.3, -0.25) is 14.6 Å². The number of rotatable bonds is 6. The molecular formula is C14H16F3N3O2S. The summed E-state index contributed by atoms with van der Waals surface area (Å²) in [7, 11) is 0. The summed E-state index contributed by atoms with van der Waals surface area (Å²) in [4.78, 5) is 29.3. The van der Waals surface area contributed by atoms with Crippen LogP contribution >= 0.6 is 11.8 Å². The third kappa shape index (κ3) is 5.74. The molecule has 0 bridgehead atoms. The van der Waals surface area contributed by atoms with Gasteiger partial charge in [0.25, 0.3) is 0 Å². The predicted molar refractivity (Wildman–Crippen MR) is 79.3 cm³/mol. The minimum atomic E-state index is -4.30. The number of alkyl halides is 3. The van der Waals surface area contributed by atoms with Gasteiger partial charge in [0, 0.05) is 44.2 Å². The Morgan fingerprint density at radius 1 is 1.39 bits per heavy atom. The molecule has 9 heteroatoms. The van der Waals surface area contributed by atoms with Crippen molar-refractivity contribution in [2.24, 2.45) is 5.92 Å². The van der Waals surface area contributed by atoms with E-state index in [1.165, 1.54) is 0 Å². The maximum atomic E-state index is 12.0. The molecule has 1 fully saturated rings. The third-order valence-electron chi connectivity index (χ3n) is 3.38. The summed E-state index contributed by atoms with van der Waals surface area (Å²) in [5.74, 6) is -1.26. The van der Waals surface area contributed by atoms with E-state index < -0.39 is 11.4 Å². The van der Waals surface area contributed by atoms with E-state index in [0.29, 0.717) is 6.54 Å². The van der Waals surface area contributed by atoms with Crippen LogP contribution in [-0.2, 0) is 16.1 Å². The lowest BCUT2D eigenvalue weighted by Crippen LogP contribution is -2.34. The van der Waals surface area contributed by atoms with Crippen molar-refractivity contribution in [2.45, 2.75) is 18.5 Å². The molecule has 2 amide bonds. The lowest BCUT2D eigenvalue weighted by Gasteiger charge is -2.16. The van der Waals surface area contributed by atoms with Crippen molar-refractivity contribution >= 4 is 23.6 Å². The van der Waals surface area contributed by atoms with Crippen LogP contribution in [0.1, 0.15) is 12.0 Å². The second-order valence-electron chi connectivity index (χ2n) is 5.12. The average Bonchev–Trinajstić information content (AvgIpc) is 2.85. The van der Waals surface area contributed by atoms with Crippen molar-refractivity contribution in [3.05, 3.63) is 30.1 Å². The lowest BCUT2D eigenvalue weighted by atomic mass is 10.1. The molecule has 1 N–H and O–H groups in total. The highest BCUT2D eigenvalue weighted by Gasteiger charge is 2.34. The summed E-state index contributed by atoms with van der Waals surface area (Å²) in [6, 6.07) is 3.57. The first-order valence-corrected chi connectivity index (χ1v) is 7.99. The highest BCUT2D eigenvalue weighted by Crippen LogP contribution is 2.29. The topological polar surface area (TPSA) is 62.3 Å². The molecule has 0 aliphatic carbocycles. The second-order valence-corrected chi connectivity index (χ2v) is 6.28. The number of halogens is 3. The highest BCUT2D eigenvalue weighted by atomic mass is 32.2. The molecule has 0 saturated carbocycles. The number of carbonyl (C=O) groups is 2. The van der Waals surface area contributed by atoms with Gasteiger partial charge in [-0.05, 0) is 29.5 Å². The van der Waals surface area contributed by atoms with Gasteiger partial charge in [0.1, 0.15) is 0 Å². The maximum absolute atomic E-state index is 12.0. The summed E-state index contributed by atoms with van der Waals surface area (Å²) in [6.07, 6.45) is 3.33. The van der Waals surface area contributed by atoms with Gasteiger partial charge in [0.05, 0.1) is 5.92 Å². The van der Waals surface area contributed by atoms with Crippen LogP contribution < -0.4 is 5.32 Å². The number of hydrogen-bond donors (Lipinski definition) is 1. The summed E-state index contributed by atoms with van der Waals surface area (Å²) >= 11 is -0.177. The lowest BCUT2D eigenvalue weighted by molar-refractivity contribution is -0.129. The van der Waals surface area contributed by atoms with E-state index in [4.69, 9.17) is 0 Å². The van der Waals surface area contributed by atoms with Crippen LogP contribution in [0.25, 0.3) is 0 Å². The molecule has 1 saturated heterocycles. The third-order valence-corrected chi connectivity index (χ3v) is 4.11. The SMILES string of the molecule is O=C(NCCSC(F)(F)F)[C@@H]1CC(=O)N(Cc2ccncc2)C1. The quantitative estimate of drug-likeness (QED) is 0.797. The van der Waals surface area contributed by atoms with Crippen LogP contribution in [0.5, 0.6) is 0 Å². The number of nitrogens with one attached hydrogen (secondary N) is 1. The molecule has 0 radical (unpaired) electrons. The number of likely N-dealkylation sites (tertiary alicyclic amines) is 1. The second kappa shape index (κ2) is 7.67. The van der Waals surface area contributed by atoms with Gasteiger partial charge in [0.15, 0.2) is 0 Å². The Morgan fingerprint density at radius 3 is 2.74 bits per heavy atom. The fourth-order valence-electron chi connectivity index (χ4n) is 2.29. The smallest absolute Gasteiger partial charge is 0.355 e. The van der Waals surface area contributed by atoms with Crippen molar-refractivity contribution in [1.82, 2.24) is 15.2 Å². The molecule has 0 aromatic carbocycles. The minimum absolute atomic E-state index is 0.0714. The van der Waals surface area contributed by atoms with E-state index in [1.807, 2.05) is 0 Å². The fraction of sp³-hybridized carbons (Fsp3) is 0.500. The highest BCUT2D eigenvalue weighted by molar-refractivity contribution is 8.00. The predicted octanol–water partition coefficient (Wildman–Crippen LogP) is 1.80. The monoisotopic (exact) mass is 347 g/mol. The van der Waals surface area contributed by atoms with Crippen molar-refractivity contribution in [1.29, 1.82) is 0 Å². The van der Waals surface area contributed by atoms with Crippen LogP contribution in [-0.4, -0.2) is 46.0 Å². The summed E-state index contributed by atoms with van der Waals surface area (Å²) in [5, 5.41) is 2.45. The average molecular weight is 347 g/mol. The molecule has 2 rings (SSSR count). The number of nitrogens with zero attached hydrogens (tertiary/aromatic N) is 2. The number of amides is 2. The molecule has 0 unspecified atom stereocenters. The van der Waals surface area contributed by atoms with Gasteiger partial charge < -0.3 is 10.2 Å². The first-order chi connectivity index (χ1) is 10.8. The summed E-state index contributed by atoms with van der Waals surface area (Å²) in [6.45, 7) is 0.604. The largest absolute Gasteiger partial charge is 0.441 e. The van der Waals surface area contributed by atoms with Gasteiger partial charge in [-0.25, -0.2) is 0 Å². The summed E-state index contributed by atoms with van der Waals surface area (Å²) in [5.41, 5.74) is -3.38. The number of pyridine rings is 1. The Kier molecular flexibility index (Phi) is 5.86. The van der Waals surface area contributed by atoms with Crippen LogP contribution in [0.2, 0.25) is 0 Å². The van der Waals surface area contributed by atoms with E-state index in [-0.39, 0.29) is 48.8 Å². The van der Waals surface area contributed by atoms with Gasteiger partial charge in [-0.15, -0.1) is 0 Å². The molecule has 23 heavy (non-hydrogen) atoms. The van der Waals surface area contributed by atoms with E-state index in [2.05, 4.69) is 10.3 Å². The minimum Gasteiger partial charge on any atom is -0.355 e. The Bertz CT molecular complexity index is 554. The van der Waals surface area contributed by atoms with Crippen molar-refractivity contribution < 1.29 is 22.8 Å². The van der Waals surface area contributed by atoms with Crippen LogP contribution in [0.15, 0.2) is 24.5 Å². The van der Waals surface area contributed by atoms with Gasteiger partial charge in [-0.1, -0.05) is 0 Å². The van der Waals surface area contributed by atoms with E-state index >= 15 is 0 Å². The first-order valence-electron chi connectivity index (χ1n) is 7.00. The van der Waals surface area contributed by atoms with Gasteiger partial charge in [0.2, 0.25) is 11.8 Å². The van der Waals surface area contributed by atoms with E-state index in [1.54, 1.807) is 29.4 Å². The van der Waals surface area contributed by atoms with E-state index in [0.717, 1.165) is 5.56 Å². The molecule has 2 heterocycles. The Morgan fingerprint density at radius 2 is 2.09 bits per heavy atom. The zero-order chi connectivity index (χ0) is 16.9. The molecule has 1 aliphatic heterocycles. The number of aromatic nitrogens is 1. The Balaban J connectivity index is 1.76. The fourth-order valence-corrected chi connectivity index (χ4v) is 2.73. The zero-order valence-corrected chi connectivity index (χ0v) is 13.0. The Labute approximate surface area is 135 Å². The Hall–Kier alpha value is -1.77. The maximum Gasteiger partial charge on any atom is 0.441 e. The van der Waals surface area contributed by atoms with Crippen LogP contribution in [0.3, 0.4) is 0 Å².